The monoisotopic (exact) mass is 395 g/mol. The van der Waals surface area contributed by atoms with Gasteiger partial charge in [0.1, 0.15) is 11.3 Å². The van der Waals surface area contributed by atoms with E-state index in [0.717, 1.165) is 37.4 Å². The minimum atomic E-state index is -0.518. The molecule has 144 valence electrons. The van der Waals surface area contributed by atoms with Gasteiger partial charge < -0.3 is 9.32 Å². The molecule has 7 heteroatoms. The first-order chi connectivity index (χ1) is 13.5. The minimum Gasteiger partial charge on any atom is -0.441 e. The second-order valence-electron chi connectivity index (χ2n) is 6.97. The zero-order chi connectivity index (χ0) is 19.7. The van der Waals surface area contributed by atoms with Crippen LogP contribution >= 0.6 is 12.2 Å². The number of nitrogens with one attached hydrogen (secondary N) is 1. The third kappa shape index (κ3) is 3.45. The van der Waals surface area contributed by atoms with Gasteiger partial charge in [-0.1, -0.05) is 18.2 Å². The van der Waals surface area contributed by atoms with Crippen LogP contribution in [0.5, 0.6) is 0 Å². The highest BCUT2D eigenvalue weighted by Crippen LogP contribution is 2.27. The third-order valence-corrected chi connectivity index (χ3v) is 5.31. The quantitative estimate of drug-likeness (QED) is 0.490. The summed E-state index contributed by atoms with van der Waals surface area (Å²) in [5.74, 6) is 0.257. The van der Waals surface area contributed by atoms with Crippen molar-refractivity contribution in [3.8, 4) is 0 Å². The summed E-state index contributed by atoms with van der Waals surface area (Å²) in [6.45, 7) is 3.80. The van der Waals surface area contributed by atoms with Gasteiger partial charge in [0.15, 0.2) is 11.0 Å². The van der Waals surface area contributed by atoms with Gasteiger partial charge in [-0.25, -0.2) is 0 Å². The molecule has 2 aliphatic rings. The van der Waals surface area contributed by atoms with Crippen LogP contribution in [-0.2, 0) is 9.59 Å². The van der Waals surface area contributed by atoms with Gasteiger partial charge in [0.2, 0.25) is 0 Å². The fourth-order valence-corrected chi connectivity index (χ4v) is 3.81. The van der Waals surface area contributed by atoms with Crippen molar-refractivity contribution < 1.29 is 14.0 Å². The molecular formula is C21H21N3O3S. The number of furan rings is 1. The van der Waals surface area contributed by atoms with Crippen molar-refractivity contribution in [1.82, 2.24) is 5.32 Å². The molecule has 2 amide bonds. The second-order valence-corrected chi connectivity index (χ2v) is 7.35. The number of amides is 2. The van der Waals surface area contributed by atoms with E-state index in [0.29, 0.717) is 11.4 Å². The fraction of sp³-hybridized carbons (Fsp3) is 0.286. The topological polar surface area (TPSA) is 65.8 Å². The molecule has 0 unspecified atom stereocenters. The van der Waals surface area contributed by atoms with Crippen molar-refractivity contribution in [3.05, 3.63) is 53.3 Å². The lowest BCUT2D eigenvalue weighted by Crippen LogP contribution is -2.54. The van der Waals surface area contributed by atoms with E-state index in [2.05, 4.69) is 10.2 Å². The first-order valence-electron chi connectivity index (χ1n) is 9.36. The summed E-state index contributed by atoms with van der Waals surface area (Å²) in [4.78, 5) is 29.0. The van der Waals surface area contributed by atoms with Crippen molar-refractivity contribution in [2.45, 2.75) is 26.2 Å². The number of nitrogens with zero attached hydrogens (tertiary/aromatic N) is 2. The SMILES string of the molecule is Cc1ccccc1N1C(=O)/C(=C/c2ccc(N3CCCCC3)o2)C(=O)NC1=S. The summed E-state index contributed by atoms with van der Waals surface area (Å²) in [7, 11) is 0. The molecule has 0 atom stereocenters. The summed E-state index contributed by atoms with van der Waals surface area (Å²) in [5, 5.41) is 2.68. The molecule has 0 spiro atoms. The highest BCUT2D eigenvalue weighted by atomic mass is 32.1. The van der Waals surface area contributed by atoms with Crippen molar-refractivity contribution >= 4 is 46.8 Å². The summed E-state index contributed by atoms with van der Waals surface area (Å²) in [6, 6.07) is 11.1. The molecule has 1 N–H and O–H groups in total. The van der Waals surface area contributed by atoms with E-state index >= 15 is 0 Å². The Morgan fingerprint density at radius 2 is 1.82 bits per heavy atom. The average Bonchev–Trinajstić information content (AvgIpc) is 3.16. The van der Waals surface area contributed by atoms with Crippen molar-refractivity contribution in [1.29, 1.82) is 0 Å². The van der Waals surface area contributed by atoms with Crippen LogP contribution in [0, 0.1) is 6.92 Å². The smallest absolute Gasteiger partial charge is 0.270 e. The molecule has 6 nitrogen and oxygen atoms in total. The van der Waals surface area contributed by atoms with Gasteiger partial charge in [0.25, 0.3) is 11.8 Å². The molecule has 0 bridgehead atoms. The maximum atomic E-state index is 13.1. The van der Waals surface area contributed by atoms with E-state index in [9.17, 15) is 9.59 Å². The molecule has 0 aliphatic carbocycles. The lowest BCUT2D eigenvalue weighted by molar-refractivity contribution is -0.122. The molecule has 2 saturated heterocycles. The molecule has 4 rings (SSSR count). The highest BCUT2D eigenvalue weighted by molar-refractivity contribution is 7.80. The second kappa shape index (κ2) is 7.59. The van der Waals surface area contributed by atoms with Gasteiger partial charge in [-0.2, -0.15) is 0 Å². The van der Waals surface area contributed by atoms with Crippen LogP contribution in [-0.4, -0.2) is 30.0 Å². The highest BCUT2D eigenvalue weighted by Gasteiger charge is 2.35. The number of hydrogen-bond donors (Lipinski definition) is 1. The molecule has 1 aromatic heterocycles. The maximum Gasteiger partial charge on any atom is 0.270 e. The van der Waals surface area contributed by atoms with Gasteiger partial charge in [-0.15, -0.1) is 0 Å². The van der Waals surface area contributed by atoms with E-state index in [-0.39, 0.29) is 10.7 Å². The average molecular weight is 395 g/mol. The van der Waals surface area contributed by atoms with Crippen LogP contribution in [0.1, 0.15) is 30.6 Å². The lowest BCUT2D eigenvalue weighted by atomic mass is 10.1. The fourth-order valence-electron chi connectivity index (χ4n) is 3.54. The number of hydrogen-bond acceptors (Lipinski definition) is 5. The number of para-hydroxylation sites is 1. The number of carbonyl (C=O) groups excluding carboxylic acids is 2. The number of rotatable bonds is 3. The summed E-state index contributed by atoms with van der Waals surface area (Å²) in [6.07, 6.45) is 5.00. The van der Waals surface area contributed by atoms with E-state index in [1.807, 2.05) is 31.2 Å². The van der Waals surface area contributed by atoms with Crippen LogP contribution in [0.4, 0.5) is 11.6 Å². The summed E-state index contributed by atoms with van der Waals surface area (Å²) < 4.78 is 5.88. The van der Waals surface area contributed by atoms with Gasteiger partial charge in [0, 0.05) is 19.2 Å². The lowest BCUT2D eigenvalue weighted by Gasteiger charge is -2.29. The Hall–Kier alpha value is -2.93. The first kappa shape index (κ1) is 18.4. The number of benzene rings is 1. The zero-order valence-corrected chi connectivity index (χ0v) is 16.4. The van der Waals surface area contributed by atoms with Crippen LogP contribution < -0.4 is 15.1 Å². The van der Waals surface area contributed by atoms with E-state index in [1.165, 1.54) is 17.4 Å². The van der Waals surface area contributed by atoms with Crippen molar-refractivity contribution in [3.63, 3.8) is 0 Å². The molecule has 2 aliphatic heterocycles. The van der Waals surface area contributed by atoms with Crippen LogP contribution in [0.2, 0.25) is 0 Å². The first-order valence-corrected chi connectivity index (χ1v) is 9.77. The zero-order valence-electron chi connectivity index (χ0n) is 15.6. The van der Waals surface area contributed by atoms with Gasteiger partial charge in [-0.05, 0) is 62.2 Å². The summed E-state index contributed by atoms with van der Waals surface area (Å²) in [5.41, 5.74) is 1.53. The molecule has 3 heterocycles. The number of aryl methyl sites for hydroxylation is 1. The molecule has 0 saturated carbocycles. The Labute approximate surface area is 168 Å². The van der Waals surface area contributed by atoms with Gasteiger partial charge >= 0.3 is 0 Å². The number of carbonyl (C=O) groups is 2. The minimum absolute atomic E-state index is 0.00334. The Bertz CT molecular complexity index is 973. The van der Waals surface area contributed by atoms with E-state index < -0.39 is 11.8 Å². The predicted octanol–water partition coefficient (Wildman–Crippen LogP) is 3.41. The number of piperidine rings is 1. The number of anilines is 2. The third-order valence-electron chi connectivity index (χ3n) is 5.02. The van der Waals surface area contributed by atoms with Gasteiger partial charge in [-0.3, -0.25) is 19.8 Å². The van der Waals surface area contributed by atoms with Gasteiger partial charge in [0.05, 0.1) is 5.69 Å². The molecule has 1 aromatic carbocycles. The Morgan fingerprint density at radius 3 is 2.57 bits per heavy atom. The van der Waals surface area contributed by atoms with Crippen molar-refractivity contribution in [2.24, 2.45) is 0 Å². The van der Waals surface area contributed by atoms with Crippen LogP contribution in [0.15, 0.2) is 46.4 Å². The number of thiocarbonyl (C=S) groups is 1. The molecule has 0 radical (unpaired) electrons. The van der Waals surface area contributed by atoms with Crippen LogP contribution in [0.3, 0.4) is 0 Å². The molecule has 28 heavy (non-hydrogen) atoms. The van der Waals surface area contributed by atoms with E-state index in [4.69, 9.17) is 16.6 Å². The van der Waals surface area contributed by atoms with E-state index in [1.54, 1.807) is 12.1 Å². The Balaban J connectivity index is 1.64. The predicted molar refractivity (Wildman–Crippen MR) is 112 cm³/mol. The van der Waals surface area contributed by atoms with Crippen LogP contribution in [0.25, 0.3) is 6.08 Å². The summed E-state index contributed by atoms with van der Waals surface area (Å²) >= 11 is 5.25. The largest absolute Gasteiger partial charge is 0.441 e. The standard InChI is InChI=1S/C21H21N3O3S/c1-14-7-3-4-8-17(14)24-20(26)16(19(25)22-21(24)28)13-15-9-10-18(27-15)23-11-5-2-6-12-23/h3-4,7-10,13H,2,5-6,11-12H2,1H3,(H,22,25,28)/b16-13+. The Morgan fingerprint density at radius 1 is 1.07 bits per heavy atom. The Kier molecular flexibility index (Phi) is 5.00. The molecule has 2 fully saturated rings. The van der Waals surface area contributed by atoms with Crippen molar-refractivity contribution in [2.75, 3.05) is 22.9 Å². The maximum absolute atomic E-state index is 13.1. The molecule has 2 aromatic rings. The molecular weight excluding hydrogens is 374 g/mol. The normalized spacial score (nSPS) is 19.3.